The van der Waals surface area contributed by atoms with E-state index in [-0.39, 0.29) is 0 Å². The topological polar surface area (TPSA) is 57.0 Å². The van der Waals surface area contributed by atoms with Crippen LogP contribution in [-0.4, -0.2) is 14.5 Å². The van der Waals surface area contributed by atoms with Crippen molar-refractivity contribution >= 4 is 65.7 Å². The van der Waals surface area contributed by atoms with E-state index in [9.17, 15) is 0 Å². The van der Waals surface area contributed by atoms with Gasteiger partial charge in [-0.25, -0.2) is 9.97 Å². The van der Waals surface area contributed by atoms with Crippen molar-refractivity contribution in [2.24, 2.45) is 0 Å². The molecule has 12 aromatic carbocycles. The molecule has 4 heterocycles. The van der Waals surface area contributed by atoms with Crippen molar-refractivity contribution in [2.45, 2.75) is 0 Å². The highest BCUT2D eigenvalue weighted by Crippen LogP contribution is 2.46. The summed E-state index contributed by atoms with van der Waals surface area (Å²) in [5, 5.41) is 6.62. The van der Waals surface area contributed by atoms with E-state index in [1.54, 1.807) is 0 Å². The average Bonchev–Trinajstić information content (AvgIpc) is 4.38. The third-order valence-electron chi connectivity index (χ3n) is 16.1. The average molecular weight is 1030 g/mol. The van der Waals surface area contributed by atoms with Gasteiger partial charge in [-0.2, -0.15) is 0 Å². The Labute approximate surface area is 466 Å². The molecule has 0 saturated carbocycles. The van der Waals surface area contributed by atoms with Crippen LogP contribution in [0.5, 0.6) is 0 Å². The van der Waals surface area contributed by atoms with Crippen molar-refractivity contribution in [3.05, 3.63) is 285 Å². The largest absolute Gasteiger partial charge is 0.456 e. The molecule has 0 radical (unpaired) electrons. The molecule has 0 amide bonds. The van der Waals surface area contributed by atoms with Crippen LogP contribution in [0.25, 0.3) is 161 Å². The highest BCUT2D eigenvalue weighted by atomic mass is 16.3. The van der Waals surface area contributed by atoms with Crippen LogP contribution >= 0.6 is 0 Å². The molecule has 5 nitrogen and oxygen atoms in total. The molecule has 378 valence electrons. The summed E-state index contributed by atoms with van der Waals surface area (Å²) in [6.45, 7) is 0. The smallest absolute Gasteiger partial charge is 0.160 e. The quantitative estimate of drug-likeness (QED) is 0.145. The molecular formula is C76H47N3O2. The lowest BCUT2D eigenvalue weighted by Crippen LogP contribution is -2.03. The monoisotopic (exact) mass is 1030 g/mol. The first kappa shape index (κ1) is 46.2. The number of benzene rings is 12. The lowest BCUT2D eigenvalue weighted by Gasteiger charge is -2.21. The highest BCUT2D eigenvalue weighted by Gasteiger charge is 2.24. The van der Waals surface area contributed by atoms with E-state index in [0.29, 0.717) is 5.82 Å². The van der Waals surface area contributed by atoms with Gasteiger partial charge in [0.25, 0.3) is 0 Å². The molecule has 5 heteroatoms. The summed E-state index contributed by atoms with van der Waals surface area (Å²) in [5.74, 6) is 0.586. The molecule has 0 aliphatic carbocycles. The third kappa shape index (κ3) is 8.01. The van der Waals surface area contributed by atoms with Gasteiger partial charge in [0.2, 0.25) is 0 Å². The van der Waals surface area contributed by atoms with Crippen LogP contribution in [0, 0.1) is 0 Å². The third-order valence-corrected chi connectivity index (χ3v) is 16.1. The van der Waals surface area contributed by atoms with Crippen molar-refractivity contribution < 1.29 is 8.83 Å². The Morgan fingerprint density at radius 3 is 1.14 bits per heavy atom. The van der Waals surface area contributed by atoms with E-state index >= 15 is 0 Å². The Bertz CT molecular complexity index is 4840. The Kier molecular flexibility index (Phi) is 10.8. The van der Waals surface area contributed by atoms with Crippen molar-refractivity contribution in [1.29, 1.82) is 0 Å². The standard InChI is InChI=1S/C76H47N3O2/c1-4-16-48(17-5-1)51-28-32-53(33-29-51)64-43-58(76-77-67(56-36-39-62-60-23-11-14-26-71(60)80-73(62)45-56)47-68(78-76)57-37-40-63-61-24-12-15-27-72(61)81-74(63)46-57)44-65(54-34-30-52(31-35-54)49-18-6-2-7-19-49)75(64)79-69-25-13-10-22-59(69)66-42-55(38-41-70(66)79)50-20-8-3-9-21-50/h1-47H. The first-order valence-corrected chi connectivity index (χ1v) is 27.4. The van der Waals surface area contributed by atoms with Crippen LogP contribution < -0.4 is 0 Å². The second-order valence-corrected chi connectivity index (χ2v) is 20.8. The number of furan rings is 2. The zero-order chi connectivity index (χ0) is 53.4. The van der Waals surface area contributed by atoms with Crippen molar-refractivity contribution in [2.75, 3.05) is 0 Å². The van der Waals surface area contributed by atoms with E-state index in [1.165, 1.54) is 21.9 Å². The molecule has 4 aromatic heterocycles. The van der Waals surface area contributed by atoms with Gasteiger partial charge in [-0.1, -0.05) is 212 Å². The molecule has 0 atom stereocenters. The second-order valence-electron chi connectivity index (χ2n) is 20.8. The predicted molar refractivity (Wildman–Crippen MR) is 334 cm³/mol. The minimum atomic E-state index is 0.586. The van der Waals surface area contributed by atoms with Gasteiger partial charge < -0.3 is 13.4 Å². The maximum atomic E-state index is 6.50. The Hall–Kier alpha value is -10.9. The molecule has 0 fully saturated rings. The molecule has 16 aromatic rings. The number of aromatic nitrogens is 3. The van der Waals surface area contributed by atoms with Crippen LogP contribution in [-0.2, 0) is 0 Å². The first-order chi connectivity index (χ1) is 40.1. The number of para-hydroxylation sites is 3. The minimum Gasteiger partial charge on any atom is -0.456 e. The molecule has 0 aliphatic rings. The fraction of sp³-hybridized carbons (Fsp3) is 0. The van der Waals surface area contributed by atoms with E-state index in [1.807, 2.05) is 24.3 Å². The Balaban J connectivity index is 0.981. The number of fused-ring (bicyclic) bond motifs is 9. The maximum Gasteiger partial charge on any atom is 0.160 e. The molecule has 81 heavy (non-hydrogen) atoms. The van der Waals surface area contributed by atoms with Gasteiger partial charge in [-0.3, -0.25) is 0 Å². The molecule has 16 rings (SSSR count). The van der Waals surface area contributed by atoms with E-state index < -0.39 is 0 Å². The number of nitrogens with zero attached hydrogens (tertiary/aromatic N) is 3. The summed E-state index contributed by atoms with van der Waals surface area (Å²) in [4.78, 5) is 11.2. The van der Waals surface area contributed by atoms with Crippen LogP contribution in [0.2, 0.25) is 0 Å². The van der Waals surface area contributed by atoms with Crippen molar-refractivity contribution in [1.82, 2.24) is 14.5 Å². The molecule has 0 bridgehead atoms. The van der Waals surface area contributed by atoms with Gasteiger partial charge >= 0.3 is 0 Å². The molecule has 0 unspecified atom stereocenters. The highest BCUT2D eigenvalue weighted by molar-refractivity contribution is 6.12. The number of hydrogen-bond acceptors (Lipinski definition) is 4. The summed E-state index contributed by atoms with van der Waals surface area (Å²) in [5.41, 5.74) is 21.9. The molecule has 0 N–H and O–H groups in total. The van der Waals surface area contributed by atoms with Gasteiger partial charge in [-0.15, -0.1) is 0 Å². The van der Waals surface area contributed by atoms with Crippen molar-refractivity contribution in [3.63, 3.8) is 0 Å². The minimum absolute atomic E-state index is 0.586. The maximum absolute atomic E-state index is 6.50. The van der Waals surface area contributed by atoms with E-state index in [4.69, 9.17) is 18.8 Å². The fourth-order valence-corrected chi connectivity index (χ4v) is 12.1. The molecule has 0 spiro atoms. The van der Waals surface area contributed by atoms with Gasteiger partial charge in [0.15, 0.2) is 5.82 Å². The first-order valence-electron chi connectivity index (χ1n) is 27.4. The Morgan fingerprint density at radius 2 is 0.617 bits per heavy atom. The summed E-state index contributed by atoms with van der Waals surface area (Å²) in [6, 6.07) is 102. The van der Waals surface area contributed by atoms with Gasteiger partial charge in [0, 0.05) is 60.1 Å². The summed E-state index contributed by atoms with van der Waals surface area (Å²) in [6.07, 6.45) is 0. The van der Waals surface area contributed by atoms with Gasteiger partial charge in [0.1, 0.15) is 22.3 Å². The van der Waals surface area contributed by atoms with Crippen LogP contribution in [0.1, 0.15) is 0 Å². The van der Waals surface area contributed by atoms with Crippen LogP contribution in [0.15, 0.2) is 294 Å². The van der Waals surface area contributed by atoms with Crippen molar-refractivity contribution in [3.8, 4) is 95.2 Å². The lowest BCUT2D eigenvalue weighted by atomic mass is 9.91. The zero-order valence-electron chi connectivity index (χ0n) is 43.8. The van der Waals surface area contributed by atoms with Crippen LogP contribution in [0.4, 0.5) is 0 Å². The normalized spacial score (nSPS) is 11.7. The molecule has 0 saturated heterocycles. The van der Waals surface area contributed by atoms with Gasteiger partial charge in [-0.05, 0) is 117 Å². The summed E-state index contributed by atoms with van der Waals surface area (Å²) in [7, 11) is 0. The number of rotatable bonds is 9. The second kappa shape index (κ2) is 18.9. The molecular weight excluding hydrogens is 987 g/mol. The fourth-order valence-electron chi connectivity index (χ4n) is 12.1. The predicted octanol–water partition coefficient (Wildman–Crippen LogP) is 20.7. The zero-order valence-corrected chi connectivity index (χ0v) is 43.8. The van der Waals surface area contributed by atoms with E-state index in [0.717, 1.165) is 133 Å². The summed E-state index contributed by atoms with van der Waals surface area (Å²) < 4.78 is 15.5. The number of hydrogen-bond donors (Lipinski definition) is 0. The Morgan fingerprint density at radius 1 is 0.235 bits per heavy atom. The SMILES string of the molecule is c1ccc(-c2ccc(-c3cc(-c4nc(-c5ccc6c(c5)oc5ccccc56)cc(-c5ccc6c(c5)oc5ccccc56)n4)cc(-c4ccc(-c5ccccc5)cc4)c3-n3c4ccccc4c4cc(-c5ccccc5)ccc43)cc2)cc1. The lowest BCUT2D eigenvalue weighted by molar-refractivity contribution is 0.668. The van der Waals surface area contributed by atoms with Crippen LogP contribution in [0.3, 0.4) is 0 Å². The summed E-state index contributed by atoms with van der Waals surface area (Å²) >= 11 is 0. The van der Waals surface area contributed by atoms with E-state index in [2.05, 4.69) is 265 Å². The van der Waals surface area contributed by atoms with Gasteiger partial charge in [0.05, 0.1) is 28.1 Å². The molecule has 0 aliphatic heterocycles.